The van der Waals surface area contributed by atoms with Gasteiger partial charge in [-0.1, -0.05) is 6.07 Å². The Kier molecular flexibility index (Phi) is 12.6. The van der Waals surface area contributed by atoms with Crippen LogP contribution < -0.4 is 20.9 Å². The van der Waals surface area contributed by atoms with Crippen LogP contribution in [-0.4, -0.2) is 92.5 Å². The number of rotatable bonds is 11. The fourth-order valence-corrected chi connectivity index (χ4v) is 9.37. The average Bonchev–Trinajstić information content (AvgIpc) is 3.32. The number of aromatic nitrogens is 1. The van der Waals surface area contributed by atoms with E-state index in [-0.39, 0.29) is 65.7 Å². The van der Waals surface area contributed by atoms with E-state index in [4.69, 9.17) is 22.2 Å². The van der Waals surface area contributed by atoms with Gasteiger partial charge in [0.1, 0.15) is 17.6 Å². The molecule has 4 atom stereocenters. The van der Waals surface area contributed by atoms with Crippen molar-refractivity contribution >= 4 is 58.0 Å². The quantitative estimate of drug-likeness (QED) is 0.188. The lowest BCUT2D eigenvalue weighted by molar-refractivity contribution is -0.138. The molecule has 1 unspecified atom stereocenters. The Morgan fingerprint density at radius 2 is 1.75 bits per heavy atom. The number of thiocarbonyl (C=S) groups is 1. The number of pyridine rings is 1. The summed E-state index contributed by atoms with van der Waals surface area (Å²) in [4.78, 5) is 59.2. The normalized spacial score (nSPS) is 26.9. The largest absolute Gasteiger partial charge is 0.419 e. The highest BCUT2D eigenvalue weighted by molar-refractivity contribution is 7.80. The number of hydrogen-bond donors (Lipinski definition) is 3. The lowest BCUT2D eigenvalue weighted by Gasteiger charge is -2.42. The summed E-state index contributed by atoms with van der Waals surface area (Å²) in [5.74, 6) is -0.773. The molecule has 1 aromatic heterocycles. The summed E-state index contributed by atoms with van der Waals surface area (Å²) < 4.78 is 47.4. The number of carbonyl (C=O) groups excluding carboxylic acids is 4. The number of amides is 4. The molecule has 0 spiro atoms. The van der Waals surface area contributed by atoms with Crippen LogP contribution in [-0.2, 0) is 30.1 Å². The predicted octanol–water partition coefficient (Wildman–Crippen LogP) is 5.75. The third-order valence-electron chi connectivity index (χ3n) is 11.7. The summed E-state index contributed by atoms with van der Waals surface area (Å²) in [6.45, 7) is 8.58. The van der Waals surface area contributed by atoms with Crippen molar-refractivity contribution in [3.63, 3.8) is 0 Å². The number of halogens is 3. The van der Waals surface area contributed by atoms with Gasteiger partial charge in [-0.3, -0.25) is 34.3 Å². The van der Waals surface area contributed by atoms with E-state index in [2.05, 4.69) is 39.7 Å². The van der Waals surface area contributed by atoms with Gasteiger partial charge in [0, 0.05) is 42.5 Å². The van der Waals surface area contributed by atoms with Crippen LogP contribution >= 0.6 is 12.2 Å². The molecule has 6 rings (SSSR count). The molecule has 4 heterocycles. The number of hydrogen-bond acceptors (Lipinski definition) is 10. The van der Waals surface area contributed by atoms with E-state index < -0.39 is 34.9 Å². The first kappa shape index (κ1) is 42.0. The van der Waals surface area contributed by atoms with Crippen molar-refractivity contribution in [2.24, 2.45) is 5.92 Å². The monoisotopic (exact) mass is 810 g/mol. The van der Waals surface area contributed by atoms with Gasteiger partial charge in [-0.05, 0) is 121 Å². The van der Waals surface area contributed by atoms with Crippen LogP contribution in [0.5, 0.6) is 0 Å². The molecule has 3 saturated heterocycles. The Balaban J connectivity index is 0.943. The minimum atomic E-state index is -4.82. The van der Waals surface area contributed by atoms with E-state index in [0.717, 1.165) is 49.3 Å². The molecule has 4 fully saturated rings. The van der Waals surface area contributed by atoms with Crippen LogP contribution in [0.2, 0.25) is 0 Å². The summed E-state index contributed by atoms with van der Waals surface area (Å²) in [6, 6.07) is 9.17. The zero-order chi connectivity index (χ0) is 41.2. The Hall–Kier alpha value is -4.66. The summed E-state index contributed by atoms with van der Waals surface area (Å²) in [5.41, 5.74) is -1.90. The number of anilines is 3. The Labute approximate surface area is 335 Å². The molecule has 0 radical (unpaired) electrons. The molecule has 3 aliphatic heterocycles. The van der Waals surface area contributed by atoms with Gasteiger partial charge in [0.05, 0.1) is 30.1 Å². The van der Waals surface area contributed by atoms with Crippen LogP contribution in [0.15, 0.2) is 36.5 Å². The van der Waals surface area contributed by atoms with Gasteiger partial charge in [0.25, 0.3) is 5.91 Å². The maximum absolute atomic E-state index is 13.7. The molecular formula is C40H49F3N8O5S. The van der Waals surface area contributed by atoms with Crippen LogP contribution in [0.25, 0.3) is 0 Å². The minimum absolute atomic E-state index is 0.0424. The number of carbonyl (C=O) groups is 4. The van der Waals surface area contributed by atoms with E-state index >= 15 is 0 Å². The van der Waals surface area contributed by atoms with Gasteiger partial charge in [0.2, 0.25) is 17.7 Å². The maximum atomic E-state index is 13.7. The molecular weight excluding hydrogens is 762 g/mol. The van der Waals surface area contributed by atoms with E-state index in [0.29, 0.717) is 43.2 Å². The number of nitrogens with zero attached hydrogens (tertiary/aromatic N) is 5. The molecule has 1 aromatic carbocycles. The SMILES string of the molecule is C[C@@H]1C[C@H](CCO[C@H]2CC[C@H](N3C(=S)N(c4cnc(C#N)c(C(F)(F)F)c4)C(=O)C3(C)C)CC2)C[C@H](C)N1CC(=O)Nc1cccc(NC2CCC(=O)NC2=O)c1. The number of benzene rings is 1. The van der Waals surface area contributed by atoms with E-state index in [1.165, 1.54) is 6.07 Å². The second kappa shape index (κ2) is 17.1. The van der Waals surface area contributed by atoms with Gasteiger partial charge in [-0.15, -0.1) is 0 Å². The molecule has 17 heteroatoms. The zero-order valence-electron chi connectivity index (χ0n) is 32.5. The molecule has 1 aliphatic carbocycles. The molecule has 3 N–H and O–H groups in total. The van der Waals surface area contributed by atoms with Crippen LogP contribution in [0.1, 0.15) is 96.7 Å². The van der Waals surface area contributed by atoms with Crippen molar-refractivity contribution in [2.45, 2.75) is 127 Å². The van der Waals surface area contributed by atoms with E-state index in [1.807, 2.05) is 11.0 Å². The van der Waals surface area contributed by atoms with Crippen molar-refractivity contribution in [3.05, 3.63) is 47.8 Å². The predicted molar refractivity (Wildman–Crippen MR) is 210 cm³/mol. The number of likely N-dealkylation sites (tertiary alicyclic amines) is 1. The molecule has 13 nitrogen and oxygen atoms in total. The highest BCUT2D eigenvalue weighted by Crippen LogP contribution is 2.40. The zero-order valence-corrected chi connectivity index (χ0v) is 33.3. The van der Waals surface area contributed by atoms with Crippen molar-refractivity contribution in [1.82, 2.24) is 20.1 Å². The van der Waals surface area contributed by atoms with Crippen molar-refractivity contribution < 1.29 is 37.1 Å². The molecule has 57 heavy (non-hydrogen) atoms. The summed E-state index contributed by atoms with van der Waals surface area (Å²) in [7, 11) is 0. The van der Waals surface area contributed by atoms with Crippen LogP contribution in [0.3, 0.4) is 0 Å². The van der Waals surface area contributed by atoms with Gasteiger partial charge in [-0.2, -0.15) is 18.4 Å². The smallest absolute Gasteiger partial charge is 0.378 e. The summed E-state index contributed by atoms with van der Waals surface area (Å²) in [6.07, 6.45) is 2.64. The number of piperidine rings is 2. The Morgan fingerprint density at radius 3 is 2.40 bits per heavy atom. The second-order valence-corrected chi connectivity index (χ2v) is 16.5. The molecule has 306 valence electrons. The first-order chi connectivity index (χ1) is 27.0. The minimum Gasteiger partial charge on any atom is -0.378 e. The van der Waals surface area contributed by atoms with E-state index in [1.54, 1.807) is 32.0 Å². The van der Waals surface area contributed by atoms with Crippen molar-refractivity contribution in [3.8, 4) is 6.07 Å². The van der Waals surface area contributed by atoms with Crippen molar-refractivity contribution in [1.29, 1.82) is 5.26 Å². The number of nitriles is 1. The van der Waals surface area contributed by atoms with Gasteiger partial charge >= 0.3 is 6.18 Å². The lowest BCUT2D eigenvalue weighted by Crippen LogP contribution is -2.51. The molecule has 4 aliphatic rings. The van der Waals surface area contributed by atoms with Gasteiger partial charge in [0.15, 0.2) is 10.8 Å². The van der Waals surface area contributed by atoms with E-state index in [9.17, 15) is 32.3 Å². The second-order valence-electron chi connectivity index (χ2n) is 16.1. The van der Waals surface area contributed by atoms with Crippen LogP contribution in [0, 0.1) is 17.2 Å². The molecule has 4 amide bonds. The first-order valence-electron chi connectivity index (χ1n) is 19.5. The standard InChI is InChI=1S/C40H49F3N8O5S/c1-23-16-25(17-24(2)49(23)22-35(53)47-27-7-5-6-26(18-27)46-32-12-13-34(52)48-36(32)54)14-15-56-30-10-8-28(9-11-30)51-38(57)50(37(55)39(51,3)4)29-19-31(40(41,42)43)33(20-44)45-21-29/h5-7,18-19,21,23-25,28,30,32,46H,8-17,22H2,1-4H3,(H,47,53)(H,48,52,54)/t23-,24+,25+,28-,30-,32?. The highest BCUT2D eigenvalue weighted by Gasteiger charge is 2.53. The molecule has 0 bridgehead atoms. The third kappa shape index (κ3) is 9.39. The fraction of sp³-hybridized carbons (Fsp3) is 0.575. The molecule has 1 saturated carbocycles. The third-order valence-corrected chi connectivity index (χ3v) is 12.1. The van der Waals surface area contributed by atoms with Crippen LogP contribution in [0.4, 0.5) is 30.2 Å². The van der Waals surface area contributed by atoms with Gasteiger partial charge < -0.3 is 20.3 Å². The summed E-state index contributed by atoms with van der Waals surface area (Å²) >= 11 is 5.71. The fourth-order valence-electron chi connectivity index (χ4n) is 8.80. The Bertz CT molecular complexity index is 1920. The lowest BCUT2D eigenvalue weighted by atomic mass is 9.85. The molecule has 2 aromatic rings. The number of alkyl halides is 3. The highest BCUT2D eigenvalue weighted by atomic mass is 32.1. The average molecular weight is 811 g/mol. The topological polar surface area (TPSA) is 160 Å². The number of ether oxygens (including phenoxy) is 1. The van der Waals surface area contributed by atoms with Gasteiger partial charge in [-0.25, -0.2) is 4.98 Å². The first-order valence-corrected chi connectivity index (χ1v) is 19.9. The Morgan fingerprint density at radius 1 is 1.07 bits per heavy atom. The number of nitrogens with one attached hydrogen (secondary N) is 3. The maximum Gasteiger partial charge on any atom is 0.419 e. The summed E-state index contributed by atoms with van der Waals surface area (Å²) in [5, 5.41) is 17.7. The van der Waals surface area contributed by atoms with Crippen molar-refractivity contribution in [2.75, 3.05) is 28.7 Å². The number of imide groups is 1.